The molecule has 0 atom stereocenters. The van der Waals surface area contributed by atoms with Gasteiger partial charge in [0.05, 0.1) is 12.2 Å². The van der Waals surface area contributed by atoms with Crippen LogP contribution in [0.5, 0.6) is 0 Å². The van der Waals surface area contributed by atoms with Gasteiger partial charge in [0, 0.05) is 31.9 Å². The second-order valence-electron chi connectivity index (χ2n) is 7.31. The van der Waals surface area contributed by atoms with E-state index in [1.54, 1.807) is 6.07 Å². The second-order valence-corrected chi connectivity index (χ2v) is 7.31. The zero-order valence-electron chi connectivity index (χ0n) is 16.2. The maximum atomic E-state index is 9.62. The standard InChI is InChI=1S/C23H25N5/c1-18-6-5-7-19(14-18)17-28-21(16-24)15-22(25)23(28)27-12-10-26(11-13-27)20-8-3-2-4-9-20/h2-9,14-15H,10-13,17,25H2,1H3. The lowest BCUT2D eigenvalue weighted by molar-refractivity contribution is 0.629. The topological polar surface area (TPSA) is 61.2 Å². The Morgan fingerprint density at radius 2 is 1.64 bits per heavy atom. The van der Waals surface area contributed by atoms with Crippen molar-refractivity contribution >= 4 is 17.2 Å². The first kappa shape index (κ1) is 18.0. The molecule has 0 saturated carbocycles. The molecule has 5 heteroatoms. The molecule has 0 aliphatic carbocycles. The molecule has 0 amide bonds. The third-order valence-electron chi connectivity index (χ3n) is 5.34. The summed E-state index contributed by atoms with van der Waals surface area (Å²) in [5.74, 6) is 0.964. The average molecular weight is 371 g/mol. The van der Waals surface area contributed by atoms with Crippen molar-refractivity contribution < 1.29 is 0 Å². The van der Waals surface area contributed by atoms with Gasteiger partial charge in [0.1, 0.15) is 17.6 Å². The zero-order chi connectivity index (χ0) is 19.5. The van der Waals surface area contributed by atoms with Crippen LogP contribution in [0.3, 0.4) is 0 Å². The Morgan fingerprint density at radius 3 is 2.32 bits per heavy atom. The van der Waals surface area contributed by atoms with Crippen molar-refractivity contribution in [3.63, 3.8) is 0 Å². The highest BCUT2D eigenvalue weighted by Gasteiger charge is 2.24. The molecule has 0 bridgehead atoms. The number of hydrogen-bond donors (Lipinski definition) is 1. The summed E-state index contributed by atoms with van der Waals surface area (Å²) < 4.78 is 2.06. The summed E-state index contributed by atoms with van der Waals surface area (Å²) in [6.07, 6.45) is 0. The number of nitrogen functional groups attached to an aromatic ring is 1. The molecule has 0 spiro atoms. The minimum atomic E-state index is 0.611. The van der Waals surface area contributed by atoms with E-state index in [0.29, 0.717) is 17.9 Å². The van der Waals surface area contributed by atoms with Gasteiger partial charge in [0.15, 0.2) is 0 Å². The number of nitrogens with zero attached hydrogens (tertiary/aromatic N) is 4. The third kappa shape index (κ3) is 3.54. The normalized spacial score (nSPS) is 14.1. The molecule has 3 aromatic rings. The number of rotatable bonds is 4. The molecule has 1 aliphatic heterocycles. The SMILES string of the molecule is Cc1cccc(Cn2c(C#N)cc(N)c2N2CCN(c3ccccc3)CC2)c1. The van der Waals surface area contributed by atoms with Gasteiger partial charge >= 0.3 is 0 Å². The highest BCUT2D eigenvalue weighted by molar-refractivity contribution is 5.69. The van der Waals surface area contributed by atoms with Gasteiger partial charge in [-0.2, -0.15) is 5.26 Å². The number of anilines is 3. The Kier molecular flexibility index (Phi) is 4.94. The number of nitriles is 1. The summed E-state index contributed by atoms with van der Waals surface area (Å²) >= 11 is 0. The number of aryl methyl sites for hydroxylation is 1. The highest BCUT2D eigenvalue weighted by atomic mass is 15.3. The number of piperazine rings is 1. The van der Waals surface area contributed by atoms with Gasteiger partial charge < -0.3 is 20.1 Å². The van der Waals surface area contributed by atoms with Gasteiger partial charge in [0.2, 0.25) is 0 Å². The molecule has 4 rings (SSSR count). The first-order valence-electron chi connectivity index (χ1n) is 9.65. The maximum Gasteiger partial charge on any atom is 0.133 e. The summed E-state index contributed by atoms with van der Waals surface area (Å²) in [4.78, 5) is 4.71. The predicted molar refractivity (Wildman–Crippen MR) is 115 cm³/mol. The first-order chi connectivity index (χ1) is 13.7. The summed E-state index contributed by atoms with van der Waals surface area (Å²) in [5.41, 5.74) is 11.3. The quantitative estimate of drug-likeness (QED) is 0.761. The van der Waals surface area contributed by atoms with Crippen molar-refractivity contribution in [3.05, 3.63) is 77.5 Å². The molecule has 2 N–H and O–H groups in total. The van der Waals surface area contributed by atoms with Crippen LogP contribution < -0.4 is 15.5 Å². The molecular formula is C23H25N5. The van der Waals surface area contributed by atoms with Crippen LogP contribution in [-0.4, -0.2) is 30.7 Å². The van der Waals surface area contributed by atoms with Crippen molar-refractivity contribution in [1.29, 1.82) is 5.26 Å². The van der Waals surface area contributed by atoms with Gasteiger partial charge in [-0.1, -0.05) is 48.0 Å². The van der Waals surface area contributed by atoms with Crippen LogP contribution in [0.1, 0.15) is 16.8 Å². The molecule has 1 fully saturated rings. The summed E-state index contributed by atoms with van der Waals surface area (Å²) in [6, 6.07) is 23.0. The number of aromatic nitrogens is 1. The Morgan fingerprint density at radius 1 is 0.929 bits per heavy atom. The minimum absolute atomic E-state index is 0.611. The van der Waals surface area contributed by atoms with E-state index in [4.69, 9.17) is 5.73 Å². The number of nitrogens with two attached hydrogens (primary N) is 1. The van der Waals surface area contributed by atoms with E-state index in [1.165, 1.54) is 16.8 Å². The Balaban J connectivity index is 1.58. The lowest BCUT2D eigenvalue weighted by Gasteiger charge is -2.38. The summed E-state index contributed by atoms with van der Waals surface area (Å²) in [5, 5.41) is 9.62. The molecule has 2 aromatic carbocycles. The van der Waals surface area contributed by atoms with Crippen molar-refractivity contribution in [2.45, 2.75) is 13.5 Å². The number of benzene rings is 2. The second kappa shape index (κ2) is 7.69. The fraction of sp³-hybridized carbons (Fsp3) is 0.261. The Labute approximate surface area is 166 Å². The average Bonchev–Trinajstić information content (AvgIpc) is 3.04. The van der Waals surface area contributed by atoms with E-state index in [9.17, 15) is 5.26 Å². The van der Waals surface area contributed by atoms with Crippen LogP contribution in [0.2, 0.25) is 0 Å². The van der Waals surface area contributed by atoms with Crippen molar-refractivity contribution in [2.24, 2.45) is 0 Å². The van der Waals surface area contributed by atoms with Crippen LogP contribution >= 0.6 is 0 Å². The lowest BCUT2D eigenvalue weighted by atomic mass is 10.1. The van der Waals surface area contributed by atoms with Crippen LogP contribution in [0.25, 0.3) is 0 Å². The van der Waals surface area contributed by atoms with Crippen LogP contribution in [0.15, 0.2) is 60.7 Å². The van der Waals surface area contributed by atoms with Crippen molar-refractivity contribution in [1.82, 2.24) is 4.57 Å². The molecule has 1 aliphatic rings. The first-order valence-corrected chi connectivity index (χ1v) is 9.65. The van der Waals surface area contributed by atoms with Crippen LogP contribution in [-0.2, 0) is 6.54 Å². The molecular weight excluding hydrogens is 346 g/mol. The van der Waals surface area contributed by atoms with Crippen LogP contribution in [0, 0.1) is 18.3 Å². The van der Waals surface area contributed by atoms with Gasteiger partial charge in [-0.3, -0.25) is 0 Å². The summed E-state index contributed by atoms with van der Waals surface area (Å²) in [6.45, 7) is 6.35. The van der Waals surface area contributed by atoms with E-state index in [2.05, 4.69) is 75.9 Å². The monoisotopic (exact) mass is 371 g/mol. The van der Waals surface area contributed by atoms with E-state index in [-0.39, 0.29) is 0 Å². The molecule has 2 heterocycles. The predicted octanol–water partition coefficient (Wildman–Crippen LogP) is 3.63. The highest BCUT2D eigenvalue weighted by Crippen LogP contribution is 2.30. The fourth-order valence-corrected chi connectivity index (χ4v) is 3.97. The minimum Gasteiger partial charge on any atom is -0.396 e. The van der Waals surface area contributed by atoms with E-state index >= 15 is 0 Å². The molecule has 0 radical (unpaired) electrons. The molecule has 142 valence electrons. The van der Waals surface area contributed by atoms with Gasteiger partial charge in [-0.05, 0) is 30.7 Å². The van der Waals surface area contributed by atoms with Crippen molar-refractivity contribution in [2.75, 3.05) is 41.7 Å². The Hall–Kier alpha value is -3.39. The molecule has 5 nitrogen and oxygen atoms in total. The number of para-hydroxylation sites is 1. The Bertz CT molecular complexity index is 992. The smallest absolute Gasteiger partial charge is 0.133 e. The summed E-state index contributed by atoms with van der Waals surface area (Å²) in [7, 11) is 0. The largest absolute Gasteiger partial charge is 0.396 e. The van der Waals surface area contributed by atoms with Gasteiger partial charge in [0.25, 0.3) is 0 Å². The lowest BCUT2D eigenvalue weighted by Crippen LogP contribution is -2.47. The van der Waals surface area contributed by atoms with Crippen molar-refractivity contribution in [3.8, 4) is 6.07 Å². The maximum absolute atomic E-state index is 9.62. The molecule has 1 saturated heterocycles. The molecule has 0 unspecified atom stereocenters. The van der Waals surface area contributed by atoms with E-state index in [0.717, 1.165) is 32.0 Å². The number of hydrogen-bond acceptors (Lipinski definition) is 4. The van der Waals surface area contributed by atoms with E-state index in [1.807, 2.05) is 6.07 Å². The third-order valence-corrected chi connectivity index (χ3v) is 5.34. The molecule has 28 heavy (non-hydrogen) atoms. The van der Waals surface area contributed by atoms with Crippen LogP contribution in [0.4, 0.5) is 17.2 Å². The van der Waals surface area contributed by atoms with Gasteiger partial charge in [-0.25, -0.2) is 0 Å². The zero-order valence-corrected chi connectivity index (χ0v) is 16.2. The van der Waals surface area contributed by atoms with E-state index < -0.39 is 0 Å². The van der Waals surface area contributed by atoms with Gasteiger partial charge in [-0.15, -0.1) is 0 Å². The fourth-order valence-electron chi connectivity index (χ4n) is 3.97. The molecule has 1 aromatic heterocycles.